The first-order valence-electron chi connectivity index (χ1n) is 4.23. The first-order valence-corrected chi connectivity index (χ1v) is 6.19. The Morgan fingerprint density at radius 1 is 1.33 bits per heavy atom. The van der Waals surface area contributed by atoms with E-state index in [1.807, 2.05) is 31.2 Å². The van der Waals surface area contributed by atoms with Crippen molar-refractivity contribution in [3.63, 3.8) is 0 Å². The molecule has 0 bridgehead atoms. The highest BCUT2D eigenvalue weighted by molar-refractivity contribution is 8.00. The van der Waals surface area contributed by atoms with Crippen molar-refractivity contribution >= 4 is 40.2 Å². The van der Waals surface area contributed by atoms with Crippen molar-refractivity contribution in [1.29, 1.82) is 0 Å². The standard InChI is InChI=1S/C9H8ClN3S2/c1-6-11-9(15-12-6)13-14-8-4-2-7(10)3-5-8/h2-5H,1H3,(H,11,12,13). The van der Waals surface area contributed by atoms with Crippen molar-refractivity contribution < 1.29 is 0 Å². The smallest absolute Gasteiger partial charge is 0.212 e. The van der Waals surface area contributed by atoms with Crippen molar-refractivity contribution in [3.8, 4) is 0 Å². The average Bonchev–Trinajstić information content (AvgIpc) is 2.64. The minimum Gasteiger partial charge on any atom is -0.300 e. The number of aromatic nitrogens is 2. The molecule has 78 valence electrons. The maximum absolute atomic E-state index is 5.78. The Hall–Kier alpha value is -0.780. The Morgan fingerprint density at radius 3 is 2.67 bits per heavy atom. The van der Waals surface area contributed by atoms with Crippen LogP contribution in [0.25, 0.3) is 0 Å². The second kappa shape index (κ2) is 4.83. The van der Waals surface area contributed by atoms with Gasteiger partial charge in [-0.15, -0.1) is 0 Å². The normalized spacial score (nSPS) is 10.3. The van der Waals surface area contributed by atoms with Crippen LogP contribution in [-0.4, -0.2) is 9.36 Å². The summed E-state index contributed by atoms with van der Waals surface area (Å²) < 4.78 is 7.20. The molecule has 15 heavy (non-hydrogen) atoms. The summed E-state index contributed by atoms with van der Waals surface area (Å²) in [7, 11) is 0. The Morgan fingerprint density at radius 2 is 2.07 bits per heavy atom. The molecule has 0 unspecified atom stereocenters. The quantitative estimate of drug-likeness (QED) is 0.853. The highest BCUT2D eigenvalue weighted by Crippen LogP contribution is 2.23. The molecule has 3 nitrogen and oxygen atoms in total. The van der Waals surface area contributed by atoms with Crippen molar-refractivity contribution in [1.82, 2.24) is 9.36 Å². The molecule has 0 spiro atoms. The van der Waals surface area contributed by atoms with Crippen LogP contribution in [0.3, 0.4) is 0 Å². The molecular weight excluding hydrogens is 250 g/mol. The molecule has 0 saturated carbocycles. The predicted molar refractivity (Wildman–Crippen MR) is 65.6 cm³/mol. The third-order valence-electron chi connectivity index (χ3n) is 1.60. The van der Waals surface area contributed by atoms with Gasteiger partial charge in [-0.05, 0) is 43.1 Å². The fraction of sp³-hybridized carbons (Fsp3) is 0.111. The van der Waals surface area contributed by atoms with Crippen LogP contribution in [0.2, 0.25) is 5.02 Å². The average molecular weight is 258 g/mol. The zero-order valence-corrected chi connectivity index (χ0v) is 10.3. The molecule has 1 aromatic carbocycles. The molecular formula is C9H8ClN3S2. The molecule has 1 aromatic heterocycles. The fourth-order valence-corrected chi connectivity index (χ4v) is 2.30. The van der Waals surface area contributed by atoms with Crippen LogP contribution < -0.4 is 4.72 Å². The van der Waals surface area contributed by atoms with E-state index in [0.717, 1.165) is 20.9 Å². The summed E-state index contributed by atoms with van der Waals surface area (Å²) in [4.78, 5) is 5.28. The Kier molecular flexibility index (Phi) is 3.45. The molecule has 2 aromatic rings. The summed E-state index contributed by atoms with van der Waals surface area (Å²) in [5, 5.41) is 1.55. The molecule has 0 saturated heterocycles. The van der Waals surface area contributed by atoms with E-state index in [1.54, 1.807) is 0 Å². The number of hydrogen-bond donors (Lipinski definition) is 1. The monoisotopic (exact) mass is 257 g/mol. The van der Waals surface area contributed by atoms with Crippen LogP contribution in [-0.2, 0) is 0 Å². The summed E-state index contributed by atoms with van der Waals surface area (Å²) >= 11 is 8.63. The molecule has 2 rings (SSSR count). The number of halogens is 1. The van der Waals surface area contributed by atoms with Crippen LogP contribution in [0.1, 0.15) is 5.82 Å². The molecule has 0 aliphatic heterocycles. The molecule has 1 heterocycles. The van der Waals surface area contributed by atoms with Crippen molar-refractivity contribution in [2.24, 2.45) is 0 Å². The predicted octanol–water partition coefficient (Wildman–Crippen LogP) is 3.62. The minimum atomic E-state index is 0.742. The maximum Gasteiger partial charge on any atom is 0.212 e. The first kappa shape index (κ1) is 10.7. The Balaban J connectivity index is 1.96. The lowest BCUT2D eigenvalue weighted by Gasteiger charge is -2.00. The van der Waals surface area contributed by atoms with Crippen molar-refractivity contribution in [2.75, 3.05) is 4.72 Å². The Labute approximate surface area is 101 Å². The second-order valence-corrected chi connectivity index (χ2v) is 4.87. The summed E-state index contributed by atoms with van der Waals surface area (Å²) in [6.45, 7) is 1.87. The second-order valence-electron chi connectivity index (χ2n) is 2.80. The largest absolute Gasteiger partial charge is 0.300 e. The number of hydrogen-bond acceptors (Lipinski definition) is 5. The van der Waals surface area contributed by atoms with Gasteiger partial charge in [0, 0.05) is 21.5 Å². The van der Waals surface area contributed by atoms with Gasteiger partial charge in [-0.3, -0.25) is 0 Å². The molecule has 0 amide bonds. The fourth-order valence-electron chi connectivity index (χ4n) is 0.944. The van der Waals surface area contributed by atoms with Gasteiger partial charge in [0.15, 0.2) is 0 Å². The molecule has 0 atom stereocenters. The van der Waals surface area contributed by atoms with Crippen molar-refractivity contribution in [3.05, 3.63) is 35.1 Å². The number of aryl methyl sites for hydroxylation is 1. The van der Waals surface area contributed by atoms with Crippen LogP contribution in [0.15, 0.2) is 29.2 Å². The van der Waals surface area contributed by atoms with E-state index in [1.165, 1.54) is 23.5 Å². The van der Waals surface area contributed by atoms with E-state index in [4.69, 9.17) is 11.6 Å². The lowest BCUT2D eigenvalue weighted by Crippen LogP contribution is -1.85. The van der Waals surface area contributed by atoms with E-state index in [9.17, 15) is 0 Å². The summed E-state index contributed by atoms with van der Waals surface area (Å²) in [5.41, 5.74) is 0. The molecule has 6 heteroatoms. The van der Waals surface area contributed by atoms with Gasteiger partial charge in [0.05, 0.1) is 0 Å². The zero-order chi connectivity index (χ0) is 10.7. The van der Waals surface area contributed by atoms with Crippen LogP contribution in [0, 0.1) is 6.92 Å². The van der Waals surface area contributed by atoms with Crippen LogP contribution in [0.4, 0.5) is 5.13 Å². The van der Waals surface area contributed by atoms with Gasteiger partial charge >= 0.3 is 0 Å². The van der Waals surface area contributed by atoms with Crippen molar-refractivity contribution in [2.45, 2.75) is 11.8 Å². The number of nitrogens with zero attached hydrogens (tertiary/aromatic N) is 2. The molecule has 0 fully saturated rings. The lowest BCUT2D eigenvalue weighted by molar-refractivity contribution is 1.17. The summed E-state index contributed by atoms with van der Waals surface area (Å²) in [5.74, 6) is 0.791. The van der Waals surface area contributed by atoms with Gasteiger partial charge < -0.3 is 4.72 Å². The van der Waals surface area contributed by atoms with Gasteiger partial charge in [0.25, 0.3) is 0 Å². The molecule has 0 aliphatic carbocycles. The third-order valence-corrected chi connectivity index (χ3v) is 3.50. The Bertz CT molecular complexity index is 441. The summed E-state index contributed by atoms with van der Waals surface area (Å²) in [6.07, 6.45) is 0. The van der Waals surface area contributed by atoms with Gasteiger partial charge in [-0.25, -0.2) is 4.98 Å². The van der Waals surface area contributed by atoms with Gasteiger partial charge in [0.2, 0.25) is 5.13 Å². The van der Waals surface area contributed by atoms with E-state index >= 15 is 0 Å². The summed E-state index contributed by atoms with van der Waals surface area (Å²) in [6, 6.07) is 7.62. The van der Waals surface area contributed by atoms with E-state index in [0.29, 0.717) is 0 Å². The minimum absolute atomic E-state index is 0.742. The van der Waals surface area contributed by atoms with Gasteiger partial charge in [-0.1, -0.05) is 11.6 Å². The van der Waals surface area contributed by atoms with E-state index in [-0.39, 0.29) is 0 Å². The highest BCUT2D eigenvalue weighted by atomic mass is 35.5. The molecule has 0 radical (unpaired) electrons. The zero-order valence-electron chi connectivity index (χ0n) is 7.90. The molecule has 1 N–H and O–H groups in total. The third kappa shape index (κ3) is 3.09. The SMILES string of the molecule is Cc1nsc(NSc2ccc(Cl)cc2)n1. The number of rotatable bonds is 3. The maximum atomic E-state index is 5.78. The number of benzene rings is 1. The van der Waals surface area contributed by atoms with E-state index < -0.39 is 0 Å². The first-order chi connectivity index (χ1) is 7.24. The van der Waals surface area contributed by atoms with E-state index in [2.05, 4.69) is 14.1 Å². The topological polar surface area (TPSA) is 37.8 Å². The lowest BCUT2D eigenvalue weighted by atomic mass is 10.4. The van der Waals surface area contributed by atoms with Crippen LogP contribution >= 0.6 is 35.1 Å². The molecule has 0 aliphatic rings. The van der Waals surface area contributed by atoms with Gasteiger partial charge in [-0.2, -0.15) is 4.37 Å². The highest BCUT2D eigenvalue weighted by Gasteiger charge is 2.00. The number of nitrogens with one attached hydrogen (secondary N) is 1. The van der Waals surface area contributed by atoms with Crippen LogP contribution in [0.5, 0.6) is 0 Å². The number of anilines is 1. The van der Waals surface area contributed by atoms with Gasteiger partial charge in [0.1, 0.15) is 5.82 Å².